The maximum Gasteiger partial charge on any atom is 0.314 e. The molecule has 1 aliphatic heterocycles. The second kappa shape index (κ2) is 5.37. The molecule has 6 nitrogen and oxygen atoms in total. The van der Waals surface area contributed by atoms with Crippen LogP contribution in [-0.2, 0) is 20.9 Å². The number of furan rings is 1. The third-order valence-corrected chi connectivity index (χ3v) is 5.30. The molecule has 0 aromatic carbocycles. The molecule has 2 fully saturated rings. The van der Waals surface area contributed by atoms with E-state index in [-0.39, 0.29) is 29.0 Å². The second-order valence-corrected chi connectivity index (χ2v) is 7.25. The summed E-state index contributed by atoms with van der Waals surface area (Å²) in [5.74, 6) is 0.634. The quantitative estimate of drug-likeness (QED) is 0.794. The number of methoxy groups -OCH3 is 2. The molecule has 1 saturated heterocycles. The van der Waals surface area contributed by atoms with Gasteiger partial charge in [-0.1, -0.05) is 13.8 Å². The number of ether oxygens (including phenoxy) is 2. The van der Waals surface area contributed by atoms with E-state index in [9.17, 15) is 9.59 Å². The maximum atomic E-state index is 12.7. The lowest BCUT2D eigenvalue weighted by Crippen LogP contribution is -2.57. The fraction of sp³-hybridized carbons (Fsp3) is 0.647. The van der Waals surface area contributed by atoms with Crippen molar-refractivity contribution in [3.63, 3.8) is 0 Å². The molecule has 2 atom stereocenters. The average Bonchev–Trinajstić information content (AvgIpc) is 3.09. The average molecular weight is 321 g/mol. The molecule has 0 unspecified atom stereocenters. The Morgan fingerprint density at radius 2 is 2.09 bits per heavy atom. The van der Waals surface area contributed by atoms with Crippen molar-refractivity contribution in [3.05, 3.63) is 23.7 Å². The lowest BCUT2D eigenvalue weighted by molar-refractivity contribution is -0.174. The van der Waals surface area contributed by atoms with E-state index in [1.54, 1.807) is 24.1 Å². The normalized spacial score (nSPS) is 28.2. The van der Waals surface area contributed by atoms with Crippen molar-refractivity contribution in [2.75, 3.05) is 27.3 Å². The topological polar surface area (TPSA) is 69.0 Å². The molecule has 23 heavy (non-hydrogen) atoms. The highest BCUT2D eigenvalue weighted by molar-refractivity contribution is 5.93. The summed E-state index contributed by atoms with van der Waals surface area (Å²) in [4.78, 5) is 26.7. The van der Waals surface area contributed by atoms with Crippen molar-refractivity contribution in [2.45, 2.75) is 26.9 Å². The van der Waals surface area contributed by atoms with Crippen molar-refractivity contribution >= 4 is 11.9 Å². The van der Waals surface area contributed by atoms with Gasteiger partial charge in [-0.25, -0.2) is 0 Å². The predicted molar refractivity (Wildman–Crippen MR) is 81.7 cm³/mol. The third kappa shape index (κ3) is 2.36. The van der Waals surface area contributed by atoms with Crippen LogP contribution in [0.15, 0.2) is 16.5 Å². The van der Waals surface area contributed by atoms with Gasteiger partial charge in [0, 0.05) is 20.2 Å². The number of fused-ring (bicyclic) bond motifs is 1. The van der Waals surface area contributed by atoms with E-state index < -0.39 is 5.41 Å². The zero-order chi connectivity index (χ0) is 16.8. The molecule has 1 aromatic heterocycles. The van der Waals surface area contributed by atoms with Crippen LogP contribution in [0.3, 0.4) is 0 Å². The van der Waals surface area contributed by atoms with Crippen LogP contribution in [0.25, 0.3) is 0 Å². The molecule has 2 heterocycles. The Bertz CT molecular complexity index is 635. The molecule has 3 rings (SSSR count). The highest BCUT2D eigenvalue weighted by Gasteiger charge is 2.68. The number of carbonyl (C=O) groups is 2. The Labute approximate surface area is 135 Å². The van der Waals surface area contributed by atoms with Gasteiger partial charge in [0.05, 0.1) is 12.5 Å². The van der Waals surface area contributed by atoms with E-state index >= 15 is 0 Å². The minimum atomic E-state index is -0.560. The number of likely N-dealkylation sites (tertiary alicyclic amines) is 1. The summed E-state index contributed by atoms with van der Waals surface area (Å²) in [6.45, 7) is 5.55. The first-order chi connectivity index (χ1) is 10.8. The Balaban J connectivity index is 1.79. The van der Waals surface area contributed by atoms with Crippen molar-refractivity contribution in [3.8, 4) is 0 Å². The Morgan fingerprint density at radius 3 is 2.70 bits per heavy atom. The van der Waals surface area contributed by atoms with Crippen molar-refractivity contribution < 1.29 is 23.5 Å². The minimum absolute atomic E-state index is 0.0353. The van der Waals surface area contributed by atoms with Gasteiger partial charge in [0.15, 0.2) is 5.76 Å². The van der Waals surface area contributed by atoms with E-state index in [0.29, 0.717) is 25.5 Å². The van der Waals surface area contributed by atoms with Crippen LogP contribution in [0.1, 0.15) is 36.6 Å². The number of esters is 1. The maximum absolute atomic E-state index is 12.7. The zero-order valence-corrected chi connectivity index (χ0v) is 14.0. The van der Waals surface area contributed by atoms with E-state index in [1.807, 2.05) is 0 Å². The van der Waals surface area contributed by atoms with Gasteiger partial charge >= 0.3 is 5.97 Å². The SMILES string of the molecule is COCc1ccc(C(=O)N2C[C@@H]3C(C)(C)C[C@]3(C(=O)OC)C2)o1. The molecule has 0 N–H and O–H groups in total. The summed E-state index contributed by atoms with van der Waals surface area (Å²) in [7, 11) is 2.98. The number of carbonyl (C=O) groups excluding carboxylic acids is 2. The van der Waals surface area contributed by atoms with Crippen LogP contribution in [0, 0.1) is 16.7 Å². The summed E-state index contributed by atoms with van der Waals surface area (Å²) in [5.41, 5.74) is -0.524. The molecule has 1 aromatic rings. The van der Waals surface area contributed by atoms with Crippen LogP contribution in [0.4, 0.5) is 0 Å². The standard InChI is InChI=1S/C17H23NO5/c1-16(2)9-17(15(20)22-4)10-18(7-13(16)17)14(19)12-6-5-11(23-12)8-21-3/h5-6,13H,7-10H2,1-4H3/t13-,17+/m1/s1. The van der Waals surface area contributed by atoms with Gasteiger partial charge in [-0.3, -0.25) is 9.59 Å². The van der Waals surface area contributed by atoms with Gasteiger partial charge in [-0.15, -0.1) is 0 Å². The van der Waals surface area contributed by atoms with E-state index in [2.05, 4.69) is 13.8 Å². The number of hydrogen-bond acceptors (Lipinski definition) is 5. The van der Waals surface area contributed by atoms with Gasteiger partial charge in [0.2, 0.25) is 0 Å². The molecule has 126 valence electrons. The fourth-order valence-corrected chi connectivity index (χ4v) is 4.40. The first kappa shape index (κ1) is 16.1. The van der Waals surface area contributed by atoms with Crippen LogP contribution in [0.5, 0.6) is 0 Å². The highest BCUT2D eigenvalue weighted by atomic mass is 16.5. The van der Waals surface area contributed by atoms with Gasteiger partial charge in [0.1, 0.15) is 12.4 Å². The first-order valence-electron chi connectivity index (χ1n) is 7.79. The van der Waals surface area contributed by atoms with Crippen molar-refractivity contribution in [2.24, 2.45) is 16.7 Å². The fourth-order valence-electron chi connectivity index (χ4n) is 4.40. The van der Waals surface area contributed by atoms with Crippen LogP contribution in [-0.4, -0.2) is 44.1 Å². The first-order valence-corrected chi connectivity index (χ1v) is 7.79. The lowest BCUT2D eigenvalue weighted by atomic mass is 9.48. The number of amides is 1. The summed E-state index contributed by atoms with van der Waals surface area (Å²) in [5, 5.41) is 0. The number of nitrogens with zero attached hydrogens (tertiary/aromatic N) is 1. The third-order valence-electron chi connectivity index (χ3n) is 5.30. The van der Waals surface area contributed by atoms with Crippen LogP contribution >= 0.6 is 0 Å². The van der Waals surface area contributed by atoms with E-state index in [1.165, 1.54) is 7.11 Å². The summed E-state index contributed by atoms with van der Waals surface area (Å²) in [6, 6.07) is 3.40. The molecule has 0 bridgehead atoms. The Morgan fingerprint density at radius 1 is 1.35 bits per heavy atom. The summed E-state index contributed by atoms with van der Waals surface area (Å²) < 4.78 is 15.5. The molecule has 6 heteroatoms. The molecule has 0 spiro atoms. The molecule has 0 radical (unpaired) electrons. The number of hydrogen-bond donors (Lipinski definition) is 0. The summed E-state index contributed by atoms with van der Waals surface area (Å²) >= 11 is 0. The molecule has 1 amide bonds. The van der Waals surface area contributed by atoms with Crippen molar-refractivity contribution in [1.29, 1.82) is 0 Å². The van der Waals surface area contributed by atoms with E-state index in [0.717, 1.165) is 6.42 Å². The van der Waals surface area contributed by atoms with Gasteiger partial charge in [-0.05, 0) is 29.9 Å². The molecular weight excluding hydrogens is 298 g/mol. The number of rotatable bonds is 4. The van der Waals surface area contributed by atoms with Gasteiger partial charge in [-0.2, -0.15) is 0 Å². The Hall–Kier alpha value is -1.82. The molecule has 1 saturated carbocycles. The summed E-state index contributed by atoms with van der Waals surface area (Å²) in [6.07, 6.45) is 0.744. The lowest BCUT2D eigenvalue weighted by Gasteiger charge is -2.54. The van der Waals surface area contributed by atoms with Crippen LogP contribution < -0.4 is 0 Å². The minimum Gasteiger partial charge on any atom is -0.469 e. The monoisotopic (exact) mass is 321 g/mol. The molecule has 2 aliphatic rings. The van der Waals surface area contributed by atoms with Crippen LogP contribution in [0.2, 0.25) is 0 Å². The molecule has 1 aliphatic carbocycles. The second-order valence-electron chi connectivity index (χ2n) is 7.25. The van der Waals surface area contributed by atoms with Gasteiger partial charge < -0.3 is 18.8 Å². The van der Waals surface area contributed by atoms with Crippen molar-refractivity contribution in [1.82, 2.24) is 4.90 Å². The molecular formula is C17H23NO5. The zero-order valence-electron chi connectivity index (χ0n) is 14.0. The largest absolute Gasteiger partial charge is 0.469 e. The highest BCUT2D eigenvalue weighted by Crippen LogP contribution is 2.63. The van der Waals surface area contributed by atoms with Gasteiger partial charge in [0.25, 0.3) is 5.91 Å². The van der Waals surface area contributed by atoms with E-state index in [4.69, 9.17) is 13.9 Å². The predicted octanol–water partition coefficient (Wildman–Crippen LogP) is 2.09. The smallest absolute Gasteiger partial charge is 0.314 e. The Kier molecular flexibility index (Phi) is 3.75.